The summed E-state index contributed by atoms with van der Waals surface area (Å²) in [7, 11) is -1.84. The van der Waals surface area contributed by atoms with E-state index < -0.39 is 16.1 Å². The summed E-state index contributed by atoms with van der Waals surface area (Å²) in [5.41, 5.74) is 2.64. The first-order chi connectivity index (χ1) is 16.0. The van der Waals surface area contributed by atoms with E-state index >= 15 is 0 Å². The molecule has 0 amide bonds. The number of sulfonamides is 1. The lowest BCUT2D eigenvalue weighted by atomic mass is 10.1. The van der Waals surface area contributed by atoms with Crippen LogP contribution in [0.5, 0.6) is 5.75 Å². The van der Waals surface area contributed by atoms with Gasteiger partial charge < -0.3 is 9.64 Å². The van der Waals surface area contributed by atoms with Crippen molar-refractivity contribution in [2.24, 2.45) is 0 Å². The van der Waals surface area contributed by atoms with Crippen LogP contribution in [0.25, 0.3) is 9.88 Å². The van der Waals surface area contributed by atoms with Crippen LogP contribution in [0.3, 0.4) is 0 Å². The number of nitrogens with one attached hydrogen (secondary N) is 1. The van der Waals surface area contributed by atoms with E-state index in [9.17, 15) is 8.42 Å². The Morgan fingerprint density at radius 1 is 1.12 bits per heavy atom. The molecule has 2 aromatic carbocycles. The molecule has 6 nitrogen and oxygen atoms in total. The molecule has 0 spiro atoms. The van der Waals surface area contributed by atoms with E-state index in [0.29, 0.717) is 24.5 Å². The molecule has 0 unspecified atom stereocenters. The Labute approximate surface area is 201 Å². The van der Waals surface area contributed by atoms with Gasteiger partial charge in [-0.25, -0.2) is 18.1 Å². The van der Waals surface area contributed by atoms with Crippen molar-refractivity contribution in [1.29, 1.82) is 0 Å². The van der Waals surface area contributed by atoms with Crippen LogP contribution in [0.2, 0.25) is 0 Å². The second kappa shape index (κ2) is 9.26. The number of nitrogens with zero attached hydrogens (tertiary/aromatic N) is 2. The van der Waals surface area contributed by atoms with Gasteiger partial charge in [-0.3, -0.25) is 0 Å². The number of thiophene rings is 1. The van der Waals surface area contributed by atoms with Crippen molar-refractivity contribution < 1.29 is 13.2 Å². The molecule has 0 bridgehead atoms. The van der Waals surface area contributed by atoms with E-state index in [-0.39, 0.29) is 4.90 Å². The van der Waals surface area contributed by atoms with Crippen molar-refractivity contribution in [3.8, 4) is 15.6 Å². The number of likely N-dealkylation sites (N-methyl/N-ethyl adjacent to an activating group) is 1. The Bertz CT molecular complexity index is 1340. The highest BCUT2D eigenvalue weighted by molar-refractivity contribution is 7.89. The van der Waals surface area contributed by atoms with Crippen molar-refractivity contribution in [3.63, 3.8) is 0 Å². The van der Waals surface area contributed by atoms with Crippen LogP contribution in [0, 0.1) is 0 Å². The monoisotopic (exact) mass is 497 g/mol. The molecule has 33 heavy (non-hydrogen) atoms. The maximum atomic E-state index is 13.4. The molecule has 0 radical (unpaired) electrons. The second-order valence-electron chi connectivity index (χ2n) is 7.82. The molecule has 1 aliphatic heterocycles. The molecule has 1 aliphatic rings. The molecule has 0 fully saturated rings. The summed E-state index contributed by atoms with van der Waals surface area (Å²) in [5.74, 6) is 0.583. The average molecular weight is 498 g/mol. The summed E-state index contributed by atoms with van der Waals surface area (Å²) in [4.78, 5) is 8.09. The first-order valence-electron chi connectivity index (χ1n) is 10.5. The minimum atomic E-state index is -3.80. The highest BCUT2D eigenvalue weighted by Gasteiger charge is 2.26. The van der Waals surface area contributed by atoms with Crippen LogP contribution in [-0.4, -0.2) is 33.6 Å². The van der Waals surface area contributed by atoms with Crippen LogP contribution in [0.4, 0.5) is 5.69 Å². The smallest absolute Gasteiger partial charge is 0.241 e. The Morgan fingerprint density at radius 2 is 1.97 bits per heavy atom. The summed E-state index contributed by atoms with van der Waals surface area (Å²) < 4.78 is 35.4. The van der Waals surface area contributed by atoms with Gasteiger partial charge in [0.1, 0.15) is 17.4 Å². The van der Waals surface area contributed by atoms with Crippen molar-refractivity contribution in [3.05, 3.63) is 82.7 Å². The highest BCUT2D eigenvalue weighted by atomic mass is 32.2. The molecule has 1 N–H and O–H groups in total. The number of aromatic nitrogens is 1. The highest BCUT2D eigenvalue weighted by Crippen LogP contribution is 2.34. The third-order valence-corrected chi connectivity index (χ3v) is 8.90. The lowest BCUT2D eigenvalue weighted by molar-refractivity contribution is 0.310. The van der Waals surface area contributed by atoms with Gasteiger partial charge in [-0.1, -0.05) is 36.4 Å². The quantitative estimate of drug-likeness (QED) is 0.391. The van der Waals surface area contributed by atoms with E-state index in [1.807, 2.05) is 60.3 Å². The Balaban J connectivity index is 1.46. The standard InChI is InChI=1S/C24H23N3O3S3/c1-27-11-12-30-22-15-18(9-10-21(22)27)33(28,29)26-19(14-17-6-3-2-4-7-17)20-16-32-24(25-20)23-8-5-13-31-23/h2-10,13,15-16,19,26H,11-12,14H2,1H3/t19-/m0/s1. The maximum absolute atomic E-state index is 13.4. The van der Waals surface area contributed by atoms with Crippen LogP contribution in [-0.2, 0) is 16.4 Å². The van der Waals surface area contributed by atoms with Crippen LogP contribution >= 0.6 is 22.7 Å². The van der Waals surface area contributed by atoms with Gasteiger partial charge in [-0.2, -0.15) is 0 Å². The van der Waals surface area contributed by atoms with Gasteiger partial charge in [0.25, 0.3) is 0 Å². The number of benzene rings is 2. The maximum Gasteiger partial charge on any atom is 0.241 e. The molecule has 9 heteroatoms. The van der Waals surface area contributed by atoms with Gasteiger partial charge in [0.15, 0.2) is 0 Å². The fourth-order valence-corrected chi connectivity index (χ4v) is 6.69. The van der Waals surface area contributed by atoms with Crippen molar-refractivity contribution in [2.45, 2.75) is 17.4 Å². The van der Waals surface area contributed by atoms with Crippen LogP contribution < -0.4 is 14.4 Å². The van der Waals surface area contributed by atoms with E-state index in [0.717, 1.165) is 27.7 Å². The van der Waals surface area contributed by atoms with Crippen molar-refractivity contribution in [2.75, 3.05) is 25.1 Å². The zero-order valence-corrected chi connectivity index (χ0v) is 20.4. The van der Waals surface area contributed by atoms with Crippen LogP contribution in [0.15, 0.2) is 76.3 Å². The van der Waals surface area contributed by atoms with Gasteiger partial charge in [-0.05, 0) is 35.6 Å². The number of anilines is 1. The molecular weight excluding hydrogens is 474 g/mol. The zero-order valence-electron chi connectivity index (χ0n) is 18.0. The predicted molar refractivity (Wildman–Crippen MR) is 134 cm³/mol. The predicted octanol–water partition coefficient (Wildman–Crippen LogP) is 4.96. The fraction of sp³-hybridized carbons (Fsp3) is 0.208. The van der Waals surface area contributed by atoms with E-state index in [2.05, 4.69) is 9.62 Å². The summed E-state index contributed by atoms with van der Waals surface area (Å²) in [6.07, 6.45) is 0.498. The number of ether oxygens (including phenoxy) is 1. The van der Waals surface area contributed by atoms with E-state index in [1.54, 1.807) is 29.5 Å². The Kier molecular flexibility index (Phi) is 6.20. The lowest BCUT2D eigenvalue weighted by Crippen LogP contribution is -2.31. The number of thiazole rings is 1. The summed E-state index contributed by atoms with van der Waals surface area (Å²) in [6, 6.07) is 18.4. The van der Waals surface area contributed by atoms with Gasteiger partial charge >= 0.3 is 0 Å². The molecule has 2 aromatic heterocycles. The van der Waals surface area contributed by atoms with E-state index in [4.69, 9.17) is 9.72 Å². The molecule has 4 aromatic rings. The topological polar surface area (TPSA) is 71.5 Å². The second-order valence-corrected chi connectivity index (χ2v) is 11.3. The third-order valence-electron chi connectivity index (χ3n) is 5.53. The number of fused-ring (bicyclic) bond motifs is 1. The number of hydrogen-bond acceptors (Lipinski definition) is 7. The summed E-state index contributed by atoms with van der Waals surface area (Å²) in [5, 5.41) is 4.84. The molecule has 3 heterocycles. The average Bonchev–Trinajstić information content (AvgIpc) is 3.51. The van der Waals surface area contributed by atoms with Gasteiger partial charge in [0.05, 0.1) is 33.7 Å². The van der Waals surface area contributed by atoms with Gasteiger partial charge in [-0.15, -0.1) is 22.7 Å². The summed E-state index contributed by atoms with van der Waals surface area (Å²) >= 11 is 3.15. The summed E-state index contributed by atoms with van der Waals surface area (Å²) in [6.45, 7) is 1.30. The molecule has 0 saturated heterocycles. The minimum Gasteiger partial charge on any atom is -0.490 e. The van der Waals surface area contributed by atoms with Crippen molar-refractivity contribution >= 4 is 38.4 Å². The molecule has 0 saturated carbocycles. The largest absolute Gasteiger partial charge is 0.490 e. The molecule has 1 atom stereocenters. The SMILES string of the molecule is CN1CCOc2cc(S(=O)(=O)N[C@@H](Cc3ccccc3)c3csc(-c4cccs4)n3)ccc21. The molecule has 170 valence electrons. The molecule has 0 aliphatic carbocycles. The fourth-order valence-electron chi connectivity index (χ4n) is 3.78. The number of hydrogen-bond donors (Lipinski definition) is 1. The molecular formula is C24H23N3O3S3. The van der Waals surface area contributed by atoms with Gasteiger partial charge in [0, 0.05) is 18.5 Å². The minimum absolute atomic E-state index is 0.184. The van der Waals surface area contributed by atoms with Gasteiger partial charge in [0.2, 0.25) is 10.0 Å². The zero-order chi connectivity index (χ0) is 22.8. The van der Waals surface area contributed by atoms with Crippen LogP contribution in [0.1, 0.15) is 17.3 Å². The third kappa shape index (κ3) is 4.81. The lowest BCUT2D eigenvalue weighted by Gasteiger charge is -2.28. The number of rotatable bonds is 7. The Hall–Kier alpha value is -2.72. The van der Waals surface area contributed by atoms with E-state index in [1.165, 1.54) is 11.3 Å². The Morgan fingerprint density at radius 3 is 2.76 bits per heavy atom. The molecule has 5 rings (SSSR count). The first-order valence-corrected chi connectivity index (χ1v) is 13.8. The first kappa shape index (κ1) is 22.1. The normalized spacial score (nSPS) is 14.5. The van der Waals surface area contributed by atoms with Crippen molar-refractivity contribution in [1.82, 2.24) is 9.71 Å².